The second-order valence-electron chi connectivity index (χ2n) is 5.20. The molecule has 0 saturated heterocycles. The molecule has 0 aromatic heterocycles. The summed E-state index contributed by atoms with van der Waals surface area (Å²) in [6.07, 6.45) is 0.623. The van der Waals surface area contributed by atoms with Gasteiger partial charge in [-0.3, -0.25) is 4.79 Å². The summed E-state index contributed by atoms with van der Waals surface area (Å²) in [5.41, 5.74) is 1.76. The van der Waals surface area contributed by atoms with Gasteiger partial charge in [0.05, 0.1) is 5.41 Å². The molecule has 0 radical (unpaired) electrons. The lowest BCUT2D eigenvalue weighted by Crippen LogP contribution is -2.28. The van der Waals surface area contributed by atoms with Crippen LogP contribution in [0.2, 0.25) is 0 Å². The Hall–Kier alpha value is -0.870. The lowest BCUT2D eigenvalue weighted by Gasteiger charge is -2.19. The van der Waals surface area contributed by atoms with Gasteiger partial charge in [0.2, 0.25) is 0 Å². The van der Waals surface area contributed by atoms with Gasteiger partial charge >= 0.3 is 5.97 Å². The summed E-state index contributed by atoms with van der Waals surface area (Å²) in [6, 6.07) is 6.22. The Morgan fingerprint density at radius 3 is 2.67 bits per heavy atom. The third-order valence-electron chi connectivity index (χ3n) is 3.06. The van der Waals surface area contributed by atoms with Crippen LogP contribution in [0, 0.1) is 12.3 Å². The van der Waals surface area contributed by atoms with Gasteiger partial charge < -0.3 is 10.4 Å². The minimum Gasteiger partial charge on any atom is -0.481 e. The first kappa shape index (κ1) is 15.2. The highest BCUT2D eigenvalue weighted by Crippen LogP contribution is 2.20. The van der Waals surface area contributed by atoms with Gasteiger partial charge in [-0.05, 0) is 50.9 Å². The number of carboxylic acid groups (broad SMARTS) is 1. The Kier molecular flexibility index (Phi) is 5.35. The Balaban J connectivity index is 2.38. The standard InChI is InChI=1S/C14H20BrNO2/c1-10-8-11(4-5-12(10)15)9-16-7-6-14(2,3)13(17)18/h4-5,8,16H,6-7,9H2,1-3H3,(H,17,18). The minimum absolute atomic E-state index is 0.623. The molecule has 0 aliphatic carbocycles. The van der Waals surface area contributed by atoms with Crippen LogP contribution in [0.3, 0.4) is 0 Å². The summed E-state index contributed by atoms with van der Waals surface area (Å²) in [5, 5.41) is 12.3. The summed E-state index contributed by atoms with van der Waals surface area (Å²) >= 11 is 3.47. The van der Waals surface area contributed by atoms with E-state index in [1.54, 1.807) is 13.8 Å². The van der Waals surface area contributed by atoms with Crippen molar-refractivity contribution in [2.24, 2.45) is 5.41 Å². The number of hydrogen-bond donors (Lipinski definition) is 2. The van der Waals surface area contributed by atoms with Crippen LogP contribution < -0.4 is 5.32 Å². The molecule has 2 N–H and O–H groups in total. The second kappa shape index (κ2) is 6.34. The summed E-state index contributed by atoms with van der Waals surface area (Å²) in [4.78, 5) is 10.9. The van der Waals surface area contributed by atoms with Crippen molar-refractivity contribution in [1.29, 1.82) is 0 Å². The van der Waals surface area contributed by atoms with E-state index < -0.39 is 11.4 Å². The normalized spacial score (nSPS) is 11.6. The topological polar surface area (TPSA) is 49.3 Å². The number of carboxylic acids is 1. The Morgan fingerprint density at radius 2 is 2.11 bits per heavy atom. The number of aryl methyl sites for hydroxylation is 1. The molecule has 1 aromatic rings. The van der Waals surface area contributed by atoms with Crippen LogP contribution in [0.1, 0.15) is 31.4 Å². The van der Waals surface area contributed by atoms with Crippen molar-refractivity contribution in [2.45, 2.75) is 33.7 Å². The van der Waals surface area contributed by atoms with Gasteiger partial charge in [-0.1, -0.05) is 28.1 Å². The highest BCUT2D eigenvalue weighted by molar-refractivity contribution is 9.10. The average Bonchev–Trinajstić information content (AvgIpc) is 2.29. The molecule has 0 bridgehead atoms. The number of halogens is 1. The van der Waals surface area contributed by atoms with Crippen LogP contribution in [0.5, 0.6) is 0 Å². The first-order valence-corrected chi connectivity index (χ1v) is 6.81. The van der Waals surface area contributed by atoms with E-state index in [4.69, 9.17) is 5.11 Å². The van der Waals surface area contributed by atoms with Crippen molar-refractivity contribution in [3.63, 3.8) is 0 Å². The van der Waals surface area contributed by atoms with E-state index in [1.165, 1.54) is 11.1 Å². The van der Waals surface area contributed by atoms with Crippen molar-refractivity contribution < 1.29 is 9.90 Å². The number of benzene rings is 1. The highest BCUT2D eigenvalue weighted by atomic mass is 79.9. The predicted octanol–water partition coefficient (Wildman–Crippen LogP) is 3.35. The van der Waals surface area contributed by atoms with E-state index in [0.717, 1.165) is 11.0 Å². The number of aliphatic carboxylic acids is 1. The molecule has 0 atom stereocenters. The van der Waals surface area contributed by atoms with E-state index in [0.29, 0.717) is 13.0 Å². The maximum absolute atomic E-state index is 10.9. The third kappa shape index (κ3) is 4.42. The van der Waals surface area contributed by atoms with Gasteiger partial charge in [0.25, 0.3) is 0 Å². The van der Waals surface area contributed by atoms with Crippen molar-refractivity contribution in [3.8, 4) is 0 Å². The zero-order valence-electron chi connectivity index (χ0n) is 11.1. The number of rotatable bonds is 6. The van der Waals surface area contributed by atoms with E-state index in [2.05, 4.69) is 40.3 Å². The predicted molar refractivity (Wildman–Crippen MR) is 76.6 cm³/mol. The maximum Gasteiger partial charge on any atom is 0.309 e. The molecule has 0 saturated carbocycles. The molecule has 0 amide bonds. The molecular weight excluding hydrogens is 294 g/mol. The van der Waals surface area contributed by atoms with Gasteiger partial charge in [0, 0.05) is 11.0 Å². The van der Waals surface area contributed by atoms with Crippen LogP contribution in [0.4, 0.5) is 0 Å². The maximum atomic E-state index is 10.9. The Labute approximate surface area is 117 Å². The van der Waals surface area contributed by atoms with Crippen molar-refractivity contribution >= 4 is 21.9 Å². The molecule has 0 aliphatic rings. The van der Waals surface area contributed by atoms with Gasteiger partial charge in [0.1, 0.15) is 0 Å². The van der Waals surface area contributed by atoms with Crippen LogP contribution in [-0.2, 0) is 11.3 Å². The smallest absolute Gasteiger partial charge is 0.309 e. The van der Waals surface area contributed by atoms with Gasteiger partial charge in [-0.25, -0.2) is 0 Å². The van der Waals surface area contributed by atoms with Gasteiger partial charge in [-0.15, -0.1) is 0 Å². The fourth-order valence-corrected chi connectivity index (χ4v) is 1.80. The molecule has 0 heterocycles. The molecule has 0 aliphatic heterocycles. The summed E-state index contributed by atoms with van der Waals surface area (Å²) in [5.74, 6) is -0.746. The van der Waals surface area contributed by atoms with Gasteiger partial charge in [0.15, 0.2) is 0 Å². The van der Waals surface area contributed by atoms with Crippen LogP contribution in [-0.4, -0.2) is 17.6 Å². The molecule has 0 fully saturated rings. The van der Waals surface area contributed by atoms with Crippen molar-refractivity contribution in [2.75, 3.05) is 6.54 Å². The zero-order valence-corrected chi connectivity index (χ0v) is 12.7. The third-order valence-corrected chi connectivity index (χ3v) is 3.95. The molecule has 0 spiro atoms. The Bertz CT molecular complexity index is 430. The SMILES string of the molecule is Cc1cc(CNCCC(C)(C)C(=O)O)ccc1Br. The first-order chi connectivity index (χ1) is 8.33. The minimum atomic E-state index is -0.746. The molecule has 3 nitrogen and oxygen atoms in total. The molecule has 4 heteroatoms. The Morgan fingerprint density at radius 1 is 1.44 bits per heavy atom. The molecule has 1 rings (SSSR count). The lowest BCUT2D eigenvalue weighted by molar-refractivity contribution is -0.147. The molecule has 100 valence electrons. The van der Waals surface area contributed by atoms with Crippen molar-refractivity contribution in [3.05, 3.63) is 33.8 Å². The lowest BCUT2D eigenvalue weighted by atomic mass is 9.90. The summed E-state index contributed by atoms with van der Waals surface area (Å²) in [7, 11) is 0. The van der Waals surface area contributed by atoms with E-state index in [9.17, 15) is 4.79 Å². The monoisotopic (exact) mass is 313 g/mol. The molecule has 0 unspecified atom stereocenters. The quantitative estimate of drug-likeness (QED) is 0.792. The summed E-state index contributed by atoms with van der Waals surface area (Å²) in [6.45, 7) is 7.03. The van der Waals surface area contributed by atoms with E-state index in [-0.39, 0.29) is 0 Å². The summed E-state index contributed by atoms with van der Waals surface area (Å²) < 4.78 is 1.11. The molecular formula is C14H20BrNO2. The average molecular weight is 314 g/mol. The molecule has 18 heavy (non-hydrogen) atoms. The van der Waals surface area contributed by atoms with Crippen LogP contribution in [0.15, 0.2) is 22.7 Å². The number of hydrogen-bond acceptors (Lipinski definition) is 2. The first-order valence-electron chi connectivity index (χ1n) is 6.02. The van der Waals surface area contributed by atoms with Crippen LogP contribution >= 0.6 is 15.9 Å². The van der Waals surface area contributed by atoms with E-state index >= 15 is 0 Å². The molecule has 1 aromatic carbocycles. The fourth-order valence-electron chi connectivity index (χ4n) is 1.56. The van der Waals surface area contributed by atoms with Crippen LogP contribution in [0.25, 0.3) is 0 Å². The van der Waals surface area contributed by atoms with E-state index in [1.807, 2.05) is 6.07 Å². The highest BCUT2D eigenvalue weighted by Gasteiger charge is 2.25. The van der Waals surface area contributed by atoms with Crippen molar-refractivity contribution in [1.82, 2.24) is 5.32 Å². The zero-order chi connectivity index (χ0) is 13.8. The fraction of sp³-hybridized carbons (Fsp3) is 0.500. The largest absolute Gasteiger partial charge is 0.481 e. The van der Waals surface area contributed by atoms with Gasteiger partial charge in [-0.2, -0.15) is 0 Å². The number of carbonyl (C=O) groups is 1. The number of nitrogens with one attached hydrogen (secondary N) is 1. The second-order valence-corrected chi connectivity index (χ2v) is 6.05.